The molecule has 0 atom stereocenters. The molecular weight excluding hydrogens is 318 g/mol. The highest BCUT2D eigenvalue weighted by molar-refractivity contribution is 6.31. The van der Waals surface area contributed by atoms with Crippen LogP contribution in [0.5, 0.6) is 0 Å². The molecule has 22 heavy (non-hydrogen) atoms. The molecule has 0 saturated carbocycles. The van der Waals surface area contributed by atoms with Gasteiger partial charge in [0.2, 0.25) is 0 Å². The Morgan fingerprint density at radius 1 is 1.32 bits per heavy atom. The molecule has 0 aliphatic carbocycles. The minimum atomic E-state index is -1.09. The van der Waals surface area contributed by atoms with Gasteiger partial charge in [0.05, 0.1) is 12.1 Å². The summed E-state index contributed by atoms with van der Waals surface area (Å²) in [6.07, 6.45) is 0. The zero-order valence-corrected chi connectivity index (χ0v) is 12.3. The summed E-state index contributed by atoms with van der Waals surface area (Å²) in [5, 5.41) is 3.31. The molecule has 1 amide bonds. The van der Waals surface area contributed by atoms with Crippen molar-refractivity contribution in [2.45, 2.75) is 13.1 Å². The third-order valence-corrected chi connectivity index (χ3v) is 3.91. The summed E-state index contributed by atoms with van der Waals surface area (Å²) in [6.45, 7) is 0.569. The zero-order chi connectivity index (χ0) is 16.0. The summed E-state index contributed by atoms with van der Waals surface area (Å²) in [7, 11) is 1.51. The van der Waals surface area contributed by atoms with Gasteiger partial charge >= 0.3 is 5.69 Å². The van der Waals surface area contributed by atoms with Crippen LogP contribution < -0.4 is 5.69 Å². The molecule has 0 N–H and O–H groups in total. The van der Waals surface area contributed by atoms with Gasteiger partial charge in [0.1, 0.15) is 10.8 Å². The third kappa shape index (κ3) is 2.19. The summed E-state index contributed by atoms with van der Waals surface area (Å²) in [5.74, 6) is -2.21. The van der Waals surface area contributed by atoms with Gasteiger partial charge in [-0.05, 0) is 12.1 Å². The van der Waals surface area contributed by atoms with Crippen molar-refractivity contribution in [3.05, 3.63) is 50.7 Å². The van der Waals surface area contributed by atoms with Crippen LogP contribution in [0.3, 0.4) is 0 Å². The molecule has 6 nitrogen and oxygen atoms in total. The Balaban J connectivity index is 1.92. The topological polar surface area (TPSA) is 60.1 Å². The number of rotatable bonds is 1. The molecule has 0 fully saturated rings. The number of nitrogens with zero attached hydrogens (tertiary/aromatic N) is 4. The first kappa shape index (κ1) is 14.7. The maximum atomic E-state index is 13.9. The lowest BCUT2D eigenvalue weighted by atomic mass is 10.1. The minimum Gasteiger partial charge on any atom is -0.329 e. The largest absolute Gasteiger partial charge is 0.345 e. The van der Waals surface area contributed by atoms with Crippen LogP contribution in [0.15, 0.2) is 16.9 Å². The smallest absolute Gasteiger partial charge is 0.329 e. The number of hydrogen-bond acceptors (Lipinski definition) is 3. The van der Waals surface area contributed by atoms with E-state index in [4.69, 9.17) is 11.6 Å². The van der Waals surface area contributed by atoms with E-state index in [9.17, 15) is 18.4 Å². The third-order valence-electron chi connectivity index (χ3n) is 3.56. The highest BCUT2D eigenvalue weighted by atomic mass is 35.5. The molecule has 2 aromatic rings. The summed E-state index contributed by atoms with van der Waals surface area (Å²) >= 11 is 5.49. The van der Waals surface area contributed by atoms with Gasteiger partial charge in [-0.25, -0.2) is 18.3 Å². The van der Waals surface area contributed by atoms with E-state index in [-0.39, 0.29) is 30.9 Å². The lowest BCUT2D eigenvalue weighted by Crippen LogP contribution is -2.41. The van der Waals surface area contributed by atoms with E-state index < -0.39 is 22.6 Å². The van der Waals surface area contributed by atoms with Crippen LogP contribution in [0.1, 0.15) is 16.2 Å². The summed E-state index contributed by atoms with van der Waals surface area (Å²) in [6, 6.07) is 2.00. The molecule has 0 saturated heterocycles. The van der Waals surface area contributed by atoms with E-state index >= 15 is 0 Å². The number of halogens is 3. The highest BCUT2D eigenvalue weighted by Crippen LogP contribution is 2.23. The lowest BCUT2D eigenvalue weighted by molar-refractivity contribution is 0.0701. The molecule has 2 heterocycles. The van der Waals surface area contributed by atoms with Gasteiger partial charge in [-0.3, -0.25) is 9.36 Å². The molecule has 0 spiro atoms. The van der Waals surface area contributed by atoms with Crippen molar-refractivity contribution in [2.75, 3.05) is 6.54 Å². The fourth-order valence-corrected chi connectivity index (χ4v) is 2.57. The number of benzene rings is 1. The lowest BCUT2D eigenvalue weighted by Gasteiger charge is -2.26. The van der Waals surface area contributed by atoms with Crippen molar-refractivity contribution in [3.63, 3.8) is 0 Å². The van der Waals surface area contributed by atoms with Crippen LogP contribution in [0.4, 0.5) is 8.78 Å². The van der Waals surface area contributed by atoms with Crippen LogP contribution in [0, 0.1) is 11.6 Å². The summed E-state index contributed by atoms with van der Waals surface area (Å²) in [5.41, 5.74) is -0.573. The Labute approximate surface area is 128 Å². The fraction of sp³-hybridized carbons (Fsp3) is 0.308. The second-order valence-corrected chi connectivity index (χ2v) is 5.30. The highest BCUT2D eigenvalue weighted by Gasteiger charge is 2.27. The SMILES string of the molecule is Cn1nc2n(c1=O)CCN(C(=O)c1ccc(F)c(Cl)c1F)C2. The van der Waals surface area contributed by atoms with Crippen molar-refractivity contribution in [3.8, 4) is 0 Å². The summed E-state index contributed by atoms with van der Waals surface area (Å²) in [4.78, 5) is 25.4. The standard InChI is InChI=1S/C13H11ClF2N4O2/c1-18-13(22)20-5-4-19(6-9(20)17-18)12(21)7-2-3-8(15)10(14)11(7)16/h2-3H,4-6H2,1H3. The molecule has 9 heteroatoms. The molecule has 3 rings (SSSR count). The number of fused-ring (bicyclic) bond motifs is 1. The molecule has 116 valence electrons. The molecule has 0 bridgehead atoms. The Kier molecular flexibility index (Phi) is 3.48. The molecule has 0 radical (unpaired) electrons. The van der Waals surface area contributed by atoms with E-state index in [2.05, 4.69) is 5.10 Å². The first-order valence-electron chi connectivity index (χ1n) is 6.45. The van der Waals surface area contributed by atoms with Gasteiger partial charge in [0.25, 0.3) is 5.91 Å². The molecule has 1 aromatic heterocycles. The Hall–Kier alpha value is -2.22. The molecule has 1 aromatic carbocycles. The van der Waals surface area contributed by atoms with Gasteiger partial charge in [0.15, 0.2) is 11.6 Å². The fourth-order valence-electron chi connectivity index (χ4n) is 2.40. The van der Waals surface area contributed by atoms with Crippen molar-refractivity contribution in [2.24, 2.45) is 7.05 Å². The maximum absolute atomic E-state index is 13.9. The van der Waals surface area contributed by atoms with Crippen molar-refractivity contribution in [1.82, 2.24) is 19.2 Å². The monoisotopic (exact) mass is 328 g/mol. The van der Waals surface area contributed by atoms with Gasteiger partial charge < -0.3 is 4.90 Å². The number of carbonyl (C=O) groups excluding carboxylic acids is 1. The van der Waals surface area contributed by atoms with Crippen LogP contribution in [0.2, 0.25) is 5.02 Å². The van der Waals surface area contributed by atoms with Crippen LogP contribution in [-0.4, -0.2) is 31.7 Å². The van der Waals surface area contributed by atoms with Gasteiger partial charge in [0, 0.05) is 20.1 Å². The van der Waals surface area contributed by atoms with Gasteiger partial charge in [-0.15, -0.1) is 0 Å². The van der Waals surface area contributed by atoms with E-state index in [0.717, 1.165) is 12.1 Å². The van der Waals surface area contributed by atoms with Crippen LogP contribution in [0.25, 0.3) is 0 Å². The molecule has 0 unspecified atom stereocenters. The summed E-state index contributed by atoms with van der Waals surface area (Å²) < 4.78 is 29.7. The van der Waals surface area contributed by atoms with E-state index in [0.29, 0.717) is 5.82 Å². The van der Waals surface area contributed by atoms with Crippen molar-refractivity contribution >= 4 is 17.5 Å². The Morgan fingerprint density at radius 3 is 2.77 bits per heavy atom. The quantitative estimate of drug-likeness (QED) is 0.738. The first-order valence-corrected chi connectivity index (χ1v) is 6.83. The predicted octanol–water partition coefficient (Wildman–Crippen LogP) is 1.17. The molecular formula is C13H11ClF2N4O2. The zero-order valence-electron chi connectivity index (χ0n) is 11.5. The van der Waals surface area contributed by atoms with Gasteiger partial charge in [-0.1, -0.05) is 11.6 Å². The maximum Gasteiger partial charge on any atom is 0.345 e. The predicted molar refractivity (Wildman–Crippen MR) is 73.6 cm³/mol. The molecule has 1 aliphatic rings. The normalized spacial score (nSPS) is 14.1. The van der Waals surface area contributed by atoms with Crippen LogP contribution in [-0.2, 0) is 20.1 Å². The average molecular weight is 329 g/mol. The van der Waals surface area contributed by atoms with Crippen LogP contribution >= 0.6 is 11.6 Å². The minimum absolute atomic E-state index is 0.0728. The number of amides is 1. The first-order chi connectivity index (χ1) is 10.4. The molecule has 1 aliphatic heterocycles. The van der Waals surface area contributed by atoms with E-state index in [1.165, 1.54) is 21.2 Å². The second-order valence-electron chi connectivity index (χ2n) is 4.92. The average Bonchev–Trinajstić information content (AvgIpc) is 2.79. The van der Waals surface area contributed by atoms with E-state index in [1.54, 1.807) is 0 Å². The Bertz CT molecular complexity index is 830. The second kappa shape index (κ2) is 5.20. The van der Waals surface area contributed by atoms with Crippen molar-refractivity contribution < 1.29 is 13.6 Å². The number of carbonyl (C=O) groups is 1. The van der Waals surface area contributed by atoms with E-state index in [1.807, 2.05) is 0 Å². The van der Waals surface area contributed by atoms with Gasteiger partial charge in [-0.2, -0.15) is 5.10 Å². The van der Waals surface area contributed by atoms with Crippen molar-refractivity contribution in [1.29, 1.82) is 0 Å². The number of aryl methyl sites for hydroxylation is 1. The Morgan fingerprint density at radius 2 is 2.05 bits per heavy atom. The number of hydrogen-bond donors (Lipinski definition) is 0. The number of aromatic nitrogens is 3.